The van der Waals surface area contributed by atoms with Gasteiger partial charge in [0.05, 0.1) is 11.8 Å². The van der Waals surface area contributed by atoms with Gasteiger partial charge >= 0.3 is 0 Å². The van der Waals surface area contributed by atoms with Crippen molar-refractivity contribution in [2.75, 3.05) is 32.5 Å². The van der Waals surface area contributed by atoms with E-state index in [0.717, 1.165) is 29.9 Å². The Morgan fingerprint density at radius 2 is 2.19 bits per heavy atom. The van der Waals surface area contributed by atoms with Gasteiger partial charge in [0.2, 0.25) is 0 Å². The molecule has 0 radical (unpaired) electrons. The lowest BCUT2D eigenvalue weighted by Crippen LogP contribution is -2.21. The Hall–Kier alpha value is -1.62. The second-order valence-electron chi connectivity index (χ2n) is 4.11. The number of nitrogens with one attached hydrogen (secondary N) is 1. The molecule has 0 fully saturated rings. The van der Waals surface area contributed by atoms with E-state index in [1.54, 1.807) is 0 Å². The van der Waals surface area contributed by atoms with E-state index in [1.807, 2.05) is 30.2 Å². The standard InChI is InChI=1S/C11H17N5/c1-15(2)7-6-13-11-10-9(4-5-12-11)16(3)8-14-10/h4-5,8H,6-7H2,1-3H3,(H,12,13). The van der Waals surface area contributed by atoms with Gasteiger partial charge in [0.1, 0.15) is 5.52 Å². The van der Waals surface area contributed by atoms with Gasteiger partial charge in [-0.25, -0.2) is 9.97 Å². The summed E-state index contributed by atoms with van der Waals surface area (Å²) in [7, 11) is 6.09. The van der Waals surface area contributed by atoms with E-state index in [1.165, 1.54) is 0 Å². The van der Waals surface area contributed by atoms with Crippen LogP contribution < -0.4 is 5.32 Å². The van der Waals surface area contributed by atoms with Crippen LogP contribution in [0, 0.1) is 0 Å². The third-order valence-electron chi connectivity index (χ3n) is 2.49. The van der Waals surface area contributed by atoms with Crippen LogP contribution in [-0.2, 0) is 7.05 Å². The minimum atomic E-state index is 0.861. The molecule has 2 aromatic rings. The van der Waals surface area contributed by atoms with Gasteiger partial charge < -0.3 is 14.8 Å². The maximum absolute atomic E-state index is 4.34. The topological polar surface area (TPSA) is 46.0 Å². The highest BCUT2D eigenvalue weighted by Crippen LogP contribution is 2.17. The van der Waals surface area contributed by atoms with Crippen molar-refractivity contribution >= 4 is 16.9 Å². The quantitative estimate of drug-likeness (QED) is 0.831. The highest BCUT2D eigenvalue weighted by Gasteiger charge is 2.05. The average molecular weight is 219 g/mol. The number of imidazole rings is 1. The zero-order valence-electron chi connectivity index (χ0n) is 9.94. The van der Waals surface area contributed by atoms with Crippen LogP contribution in [0.2, 0.25) is 0 Å². The molecule has 0 saturated heterocycles. The maximum Gasteiger partial charge on any atom is 0.154 e. The highest BCUT2D eigenvalue weighted by atomic mass is 15.1. The Bertz CT molecular complexity index is 474. The second kappa shape index (κ2) is 4.49. The summed E-state index contributed by atoms with van der Waals surface area (Å²) in [6, 6.07) is 1.97. The zero-order chi connectivity index (χ0) is 11.5. The summed E-state index contributed by atoms with van der Waals surface area (Å²) in [5.41, 5.74) is 2.03. The molecule has 86 valence electrons. The molecule has 0 aliphatic rings. The van der Waals surface area contributed by atoms with Crippen LogP contribution in [0.25, 0.3) is 11.0 Å². The van der Waals surface area contributed by atoms with Gasteiger partial charge in [0, 0.05) is 26.3 Å². The first-order chi connectivity index (χ1) is 7.68. The molecule has 5 nitrogen and oxygen atoms in total. The molecule has 1 N–H and O–H groups in total. The molecule has 0 amide bonds. The van der Waals surface area contributed by atoms with Crippen LogP contribution in [-0.4, -0.2) is 46.6 Å². The normalized spacial score (nSPS) is 11.2. The largest absolute Gasteiger partial charge is 0.367 e. The van der Waals surface area contributed by atoms with Crippen molar-refractivity contribution in [2.24, 2.45) is 7.05 Å². The first kappa shape index (κ1) is 10.9. The van der Waals surface area contributed by atoms with E-state index in [4.69, 9.17) is 0 Å². The Kier molecular flexibility index (Phi) is 3.05. The molecule has 0 atom stereocenters. The van der Waals surface area contributed by atoms with Crippen LogP contribution in [0.1, 0.15) is 0 Å². The predicted molar refractivity (Wildman–Crippen MR) is 65.6 cm³/mol. The van der Waals surface area contributed by atoms with Crippen LogP contribution in [0.3, 0.4) is 0 Å². The van der Waals surface area contributed by atoms with Gasteiger partial charge in [-0.3, -0.25) is 0 Å². The maximum atomic E-state index is 4.34. The van der Waals surface area contributed by atoms with Gasteiger partial charge in [0.15, 0.2) is 5.82 Å². The fourth-order valence-corrected chi connectivity index (χ4v) is 1.59. The van der Waals surface area contributed by atoms with Crippen molar-refractivity contribution in [3.8, 4) is 0 Å². The van der Waals surface area contributed by atoms with Crippen LogP contribution in [0.5, 0.6) is 0 Å². The van der Waals surface area contributed by atoms with Crippen LogP contribution in [0.15, 0.2) is 18.6 Å². The third-order valence-corrected chi connectivity index (χ3v) is 2.49. The molecule has 0 spiro atoms. The number of aryl methyl sites for hydroxylation is 1. The summed E-state index contributed by atoms with van der Waals surface area (Å²) in [5, 5.41) is 3.30. The lowest BCUT2D eigenvalue weighted by molar-refractivity contribution is 0.425. The van der Waals surface area contributed by atoms with E-state index in [2.05, 4.69) is 34.3 Å². The van der Waals surface area contributed by atoms with E-state index < -0.39 is 0 Å². The van der Waals surface area contributed by atoms with Gasteiger partial charge in [0.25, 0.3) is 0 Å². The van der Waals surface area contributed by atoms with Gasteiger partial charge in [-0.1, -0.05) is 0 Å². The molecule has 16 heavy (non-hydrogen) atoms. The second-order valence-corrected chi connectivity index (χ2v) is 4.11. The van der Waals surface area contributed by atoms with Crippen molar-refractivity contribution < 1.29 is 0 Å². The fraction of sp³-hybridized carbons (Fsp3) is 0.455. The Balaban J connectivity index is 2.17. The molecular weight excluding hydrogens is 202 g/mol. The number of hydrogen-bond donors (Lipinski definition) is 1. The zero-order valence-corrected chi connectivity index (χ0v) is 9.94. The predicted octanol–water partition coefficient (Wildman–Crippen LogP) is 0.942. The average Bonchev–Trinajstić information content (AvgIpc) is 2.61. The highest BCUT2D eigenvalue weighted by molar-refractivity contribution is 5.85. The van der Waals surface area contributed by atoms with E-state index >= 15 is 0 Å². The number of hydrogen-bond acceptors (Lipinski definition) is 4. The minimum absolute atomic E-state index is 0.861. The Labute approximate surface area is 95.1 Å². The first-order valence-corrected chi connectivity index (χ1v) is 5.33. The number of anilines is 1. The Morgan fingerprint density at radius 3 is 2.94 bits per heavy atom. The van der Waals surface area contributed by atoms with Crippen LogP contribution in [0.4, 0.5) is 5.82 Å². The molecule has 2 rings (SSSR count). The fourth-order valence-electron chi connectivity index (χ4n) is 1.59. The first-order valence-electron chi connectivity index (χ1n) is 5.33. The van der Waals surface area contributed by atoms with Crippen molar-refractivity contribution in [3.63, 3.8) is 0 Å². The monoisotopic (exact) mass is 219 g/mol. The summed E-state index contributed by atoms with van der Waals surface area (Å²) < 4.78 is 1.99. The summed E-state index contributed by atoms with van der Waals surface area (Å²) >= 11 is 0. The van der Waals surface area contributed by atoms with E-state index in [-0.39, 0.29) is 0 Å². The molecular formula is C11H17N5. The smallest absolute Gasteiger partial charge is 0.154 e. The van der Waals surface area contributed by atoms with Crippen molar-refractivity contribution in [1.82, 2.24) is 19.4 Å². The molecule has 0 aliphatic carbocycles. The summed E-state index contributed by atoms with van der Waals surface area (Å²) in [6.45, 7) is 1.85. The molecule has 0 bridgehead atoms. The lowest BCUT2D eigenvalue weighted by atomic mass is 10.3. The number of pyridine rings is 1. The summed E-state index contributed by atoms with van der Waals surface area (Å²) in [6.07, 6.45) is 3.62. The van der Waals surface area contributed by atoms with Crippen molar-refractivity contribution in [3.05, 3.63) is 18.6 Å². The van der Waals surface area contributed by atoms with Gasteiger partial charge in [-0.2, -0.15) is 0 Å². The number of aromatic nitrogens is 3. The molecule has 0 saturated carbocycles. The molecule has 0 aromatic carbocycles. The van der Waals surface area contributed by atoms with Gasteiger partial charge in [-0.15, -0.1) is 0 Å². The van der Waals surface area contributed by atoms with Crippen molar-refractivity contribution in [1.29, 1.82) is 0 Å². The Morgan fingerprint density at radius 1 is 1.38 bits per heavy atom. The summed E-state index contributed by atoms with van der Waals surface area (Å²) in [5.74, 6) is 0.861. The summed E-state index contributed by atoms with van der Waals surface area (Å²) in [4.78, 5) is 10.8. The van der Waals surface area contributed by atoms with Crippen LogP contribution >= 0.6 is 0 Å². The molecule has 0 aliphatic heterocycles. The van der Waals surface area contributed by atoms with E-state index in [0.29, 0.717) is 0 Å². The number of likely N-dealkylation sites (N-methyl/N-ethyl adjacent to an activating group) is 1. The number of fused-ring (bicyclic) bond motifs is 1. The molecule has 2 aromatic heterocycles. The number of rotatable bonds is 4. The third kappa shape index (κ3) is 2.14. The molecule has 0 unspecified atom stereocenters. The van der Waals surface area contributed by atoms with E-state index in [9.17, 15) is 0 Å². The molecule has 5 heteroatoms. The number of nitrogens with zero attached hydrogens (tertiary/aromatic N) is 4. The molecule has 2 heterocycles. The lowest BCUT2D eigenvalue weighted by Gasteiger charge is -2.10. The SMILES string of the molecule is CN(C)CCNc1nccc2c1ncn2C. The van der Waals surface area contributed by atoms with Gasteiger partial charge in [-0.05, 0) is 20.2 Å². The minimum Gasteiger partial charge on any atom is -0.367 e. The van der Waals surface area contributed by atoms with Crippen molar-refractivity contribution in [2.45, 2.75) is 0 Å².